The third-order valence-electron chi connectivity index (χ3n) is 4.03. The lowest BCUT2D eigenvalue weighted by molar-refractivity contribution is -0.126. The number of benzene rings is 1. The molecule has 2 heterocycles. The normalized spacial score (nSPS) is 14.7. The Bertz CT molecular complexity index is 824. The number of halogens is 1. The summed E-state index contributed by atoms with van der Waals surface area (Å²) in [6.45, 7) is 2.05. The SMILES string of the molecule is COC(=O)c1ccc(F)c2c(C(=O)C(=O)N3CCNCC3)c[nH]c12. The number of esters is 1. The Kier molecular flexibility index (Phi) is 4.30. The van der Waals surface area contributed by atoms with Gasteiger partial charge >= 0.3 is 5.97 Å². The summed E-state index contributed by atoms with van der Waals surface area (Å²) >= 11 is 0. The molecule has 0 radical (unpaired) electrons. The van der Waals surface area contributed by atoms with Crippen molar-refractivity contribution in [3.05, 3.63) is 35.3 Å². The van der Waals surface area contributed by atoms with Crippen molar-refractivity contribution in [3.8, 4) is 0 Å². The van der Waals surface area contributed by atoms with Crippen molar-refractivity contribution in [2.75, 3.05) is 33.3 Å². The van der Waals surface area contributed by atoms with E-state index in [0.29, 0.717) is 26.2 Å². The third-order valence-corrected chi connectivity index (χ3v) is 4.03. The van der Waals surface area contributed by atoms with E-state index in [-0.39, 0.29) is 22.0 Å². The lowest BCUT2D eigenvalue weighted by atomic mass is 10.0. The number of hydrogen-bond donors (Lipinski definition) is 2. The largest absolute Gasteiger partial charge is 0.465 e. The third kappa shape index (κ3) is 2.65. The molecule has 0 atom stereocenters. The lowest BCUT2D eigenvalue weighted by Gasteiger charge is -2.26. The Hall–Kier alpha value is -2.74. The molecule has 2 aromatic rings. The van der Waals surface area contributed by atoms with Crippen molar-refractivity contribution < 1.29 is 23.5 Å². The van der Waals surface area contributed by atoms with E-state index >= 15 is 0 Å². The number of piperazine rings is 1. The van der Waals surface area contributed by atoms with Gasteiger partial charge in [-0.2, -0.15) is 0 Å². The maximum absolute atomic E-state index is 14.2. The highest BCUT2D eigenvalue weighted by Gasteiger charge is 2.28. The number of hydrogen-bond acceptors (Lipinski definition) is 5. The number of ketones is 1. The maximum atomic E-state index is 14.2. The van der Waals surface area contributed by atoms with Crippen LogP contribution in [-0.4, -0.2) is 60.8 Å². The van der Waals surface area contributed by atoms with Crippen LogP contribution in [0, 0.1) is 5.82 Å². The van der Waals surface area contributed by atoms with E-state index in [4.69, 9.17) is 0 Å². The number of fused-ring (bicyclic) bond motifs is 1. The molecule has 24 heavy (non-hydrogen) atoms. The number of aromatic nitrogens is 1. The van der Waals surface area contributed by atoms with Crippen molar-refractivity contribution in [1.82, 2.24) is 15.2 Å². The molecule has 8 heteroatoms. The van der Waals surface area contributed by atoms with Crippen LogP contribution in [0.1, 0.15) is 20.7 Å². The molecule has 0 spiro atoms. The second kappa shape index (κ2) is 6.40. The summed E-state index contributed by atoms with van der Waals surface area (Å²) in [6.07, 6.45) is 1.25. The van der Waals surface area contributed by atoms with Crippen molar-refractivity contribution in [3.63, 3.8) is 0 Å². The Labute approximate surface area is 136 Å². The van der Waals surface area contributed by atoms with Crippen LogP contribution in [0.5, 0.6) is 0 Å². The lowest BCUT2D eigenvalue weighted by Crippen LogP contribution is -2.48. The van der Waals surface area contributed by atoms with E-state index in [9.17, 15) is 18.8 Å². The summed E-state index contributed by atoms with van der Waals surface area (Å²) in [5, 5.41) is 3.01. The van der Waals surface area contributed by atoms with Gasteiger partial charge in [-0.25, -0.2) is 9.18 Å². The van der Waals surface area contributed by atoms with Crippen molar-refractivity contribution in [2.45, 2.75) is 0 Å². The van der Waals surface area contributed by atoms with Gasteiger partial charge in [0.05, 0.1) is 23.8 Å². The molecule has 1 aromatic heterocycles. The van der Waals surface area contributed by atoms with E-state index in [2.05, 4.69) is 15.0 Å². The predicted octanol–water partition coefficient (Wildman–Crippen LogP) is 0.708. The highest BCUT2D eigenvalue weighted by Crippen LogP contribution is 2.26. The number of ether oxygens (including phenoxy) is 1. The van der Waals surface area contributed by atoms with Gasteiger partial charge in [0.15, 0.2) is 0 Å². The molecule has 7 nitrogen and oxygen atoms in total. The molecule has 1 saturated heterocycles. The number of methoxy groups -OCH3 is 1. The fraction of sp³-hybridized carbons (Fsp3) is 0.312. The zero-order chi connectivity index (χ0) is 17.3. The van der Waals surface area contributed by atoms with Gasteiger partial charge in [0, 0.05) is 37.8 Å². The molecule has 3 rings (SSSR count). The molecule has 126 valence electrons. The summed E-state index contributed by atoms with van der Waals surface area (Å²) in [6, 6.07) is 2.35. The Morgan fingerprint density at radius 2 is 1.88 bits per heavy atom. The number of aromatic amines is 1. The molecular formula is C16H16FN3O4. The van der Waals surface area contributed by atoms with Crippen LogP contribution >= 0.6 is 0 Å². The first-order chi connectivity index (χ1) is 11.5. The first kappa shape index (κ1) is 16.1. The summed E-state index contributed by atoms with van der Waals surface area (Å²) in [7, 11) is 1.21. The number of nitrogens with one attached hydrogen (secondary N) is 2. The average Bonchev–Trinajstić information content (AvgIpc) is 3.07. The second-order valence-electron chi connectivity index (χ2n) is 5.41. The Balaban J connectivity index is 2.02. The zero-order valence-corrected chi connectivity index (χ0v) is 13.0. The van der Waals surface area contributed by atoms with Crippen molar-refractivity contribution >= 4 is 28.6 Å². The molecule has 1 aliphatic heterocycles. The average molecular weight is 333 g/mol. The van der Waals surface area contributed by atoms with Crippen LogP contribution in [0.15, 0.2) is 18.3 Å². The maximum Gasteiger partial charge on any atom is 0.339 e. The van der Waals surface area contributed by atoms with Crippen molar-refractivity contribution in [1.29, 1.82) is 0 Å². The van der Waals surface area contributed by atoms with E-state index in [0.717, 1.165) is 6.07 Å². The number of H-pyrrole nitrogens is 1. The van der Waals surface area contributed by atoms with Crippen LogP contribution in [0.4, 0.5) is 4.39 Å². The first-order valence-corrected chi connectivity index (χ1v) is 7.46. The van der Waals surface area contributed by atoms with Gasteiger partial charge in [0.1, 0.15) is 5.82 Å². The monoisotopic (exact) mass is 333 g/mol. The molecule has 0 saturated carbocycles. The zero-order valence-electron chi connectivity index (χ0n) is 13.0. The highest BCUT2D eigenvalue weighted by molar-refractivity contribution is 6.45. The van der Waals surface area contributed by atoms with E-state index in [1.54, 1.807) is 0 Å². The van der Waals surface area contributed by atoms with Gasteiger partial charge in [-0.15, -0.1) is 0 Å². The van der Waals surface area contributed by atoms with Gasteiger partial charge in [-0.05, 0) is 12.1 Å². The molecule has 0 unspecified atom stereocenters. The van der Waals surface area contributed by atoms with Crippen LogP contribution < -0.4 is 5.32 Å². The number of rotatable bonds is 3. The first-order valence-electron chi connectivity index (χ1n) is 7.46. The van der Waals surface area contributed by atoms with Gasteiger partial charge in [0.2, 0.25) is 0 Å². The second-order valence-corrected chi connectivity index (χ2v) is 5.41. The molecule has 2 N–H and O–H groups in total. The summed E-state index contributed by atoms with van der Waals surface area (Å²) in [5.41, 5.74) is 0.151. The molecule has 1 aromatic carbocycles. The minimum Gasteiger partial charge on any atom is -0.465 e. The van der Waals surface area contributed by atoms with E-state index < -0.39 is 23.5 Å². The molecule has 1 amide bonds. The number of carbonyl (C=O) groups excluding carboxylic acids is 3. The summed E-state index contributed by atoms with van der Waals surface area (Å²) < 4.78 is 18.9. The molecule has 0 aliphatic carbocycles. The molecule has 1 aliphatic rings. The topological polar surface area (TPSA) is 91.5 Å². The molecule has 1 fully saturated rings. The number of carbonyl (C=O) groups is 3. The van der Waals surface area contributed by atoms with Crippen LogP contribution in [0.2, 0.25) is 0 Å². The predicted molar refractivity (Wildman–Crippen MR) is 83.4 cm³/mol. The van der Waals surface area contributed by atoms with E-state index in [1.165, 1.54) is 24.3 Å². The standard InChI is InChI=1S/C16H16FN3O4/c1-24-16(23)9-2-3-11(17)12-10(8-19-13(9)12)14(21)15(22)20-6-4-18-5-7-20/h2-3,8,18-19H,4-7H2,1H3. The number of amides is 1. The smallest absolute Gasteiger partial charge is 0.339 e. The molecule has 0 bridgehead atoms. The van der Waals surface area contributed by atoms with Gasteiger partial charge in [-0.3, -0.25) is 9.59 Å². The summed E-state index contributed by atoms with van der Waals surface area (Å²) in [5.74, 6) is -2.83. The summed E-state index contributed by atoms with van der Waals surface area (Å²) in [4.78, 5) is 40.8. The number of nitrogens with zero attached hydrogens (tertiary/aromatic N) is 1. The minimum absolute atomic E-state index is 0.0774. The van der Waals surface area contributed by atoms with Gasteiger partial charge < -0.3 is 19.9 Å². The fourth-order valence-electron chi connectivity index (χ4n) is 2.79. The van der Waals surface area contributed by atoms with Gasteiger partial charge in [0.25, 0.3) is 11.7 Å². The Morgan fingerprint density at radius 1 is 1.17 bits per heavy atom. The van der Waals surface area contributed by atoms with Crippen molar-refractivity contribution in [2.24, 2.45) is 0 Å². The fourth-order valence-corrected chi connectivity index (χ4v) is 2.79. The van der Waals surface area contributed by atoms with E-state index in [1.807, 2.05) is 0 Å². The Morgan fingerprint density at radius 3 is 2.54 bits per heavy atom. The quantitative estimate of drug-likeness (QED) is 0.490. The highest BCUT2D eigenvalue weighted by atomic mass is 19.1. The van der Waals surface area contributed by atoms with Crippen LogP contribution in [-0.2, 0) is 9.53 Å². The minimum atomic E-state index is -0.802. The number of Topliss-reactive ketones (excluding diaryl/α,β-unsaturated/α-hetero) is 1. The molecular weight excluding hydrogens is 317 g/mol. The van der Waals surface area contributed by atoms with Crippen LogP contribution in [0.25, 0.3) is 10.9 Å². The van der Waals surface area contributed by atoms with Crippen LogP contribution in [0.3, 0.4) is 0 Å². The van der Waals surface area contributed by atoms with Gasteiger partial charge in [-0.1, -0.05) is 0 Å².